The molecule has 1 aliphatic carbocycles. The molecule has 2 aromatic carbocycles. The standard InChI is InChI=1S/C21H24FN3.C13H14N2O/c22-18-10-7-11-19(14-13-18)25-16-20(17-8-3-1-4-9-17)23-21-12-5-2-6-15-24(21)25;1-4-11-5-6-12(13(7-11)16-3)15-8-10(2)14-9-15/h1,3-4,7-9,11,13-14,20H,2,5-6,10,12,15-16H2;4-9H,1H2,2-3H3. The predicted molar refractivity (Wildman–Crippen MR) is 164 cm³/mol. The molecule has 0 bridgehead atoms. The van der Waals surface area contributed by atoms with E-state index in [0.29, 0.717) is 6.42 Å². The van der Waals surface area contributed by atoms with E-state index in [9.17, 15) is 4.39 Å². The Morgan fingerprint density at radius 2 is 1.90 bits per heavy atom. The van der Waals surface area contributed by atoms with Crippen molar-refractivity contribution in [2.75, 3.05) is 20.2 Å². The molecule has 0 N–H and O–H groups in total. The Morgan fingerprint density at radius 3 is 2.66 bits per heavy atom. The van der Waals surface area contributed by atoms with E-state index in [1.165, 1.54) is 30.7 Å². The lowest BCUT2D eigenvalue weighted by Crippen LogP contribution is -2.50. The number of ether oxygens (including phenoxy) is 1. The van der Waals surface area contributed by atoms with Crippen LogP contribution in [0.1, 0.15) is 55.0 Å². The van der Waals surface area contributed by atoms with Crippen molar-refractivity contribution in [3.05, 3.63) is 120 Å². The number of aromatic nitrogens is 2. The lowest BCUT2D eigenvalue weighted by molar-refractivity contribution is 0.0690. The third kappa shape index (κ3) is 6.85. The van der Waals surface area contributed by atoms with Crippen molar-refractivity contribution in [3.63, 3.8) is 0 Å². The van der Waals surface area contributed by atoms with Gasteiger partial charge < -0.3 is 9.30 Å². The fourth-order valence-corrected chi connectivity index (χ4v) is 5.31. The molecule has 212 valence electrons. The number of amidine groups is 1. The van der Waals surface area contributed by atoms with Gasteiger partial charge in [0.25, 0.3) is 0 Å². The normalized spacial score (nSPS) is 18.5. The number of allylic oxidation sites excluding steroid dienone is 5. The molecule has 0 amide bonds. The summed E-state index contributed by atoms with van der Waals surface area (Å²) < 4.78 is 20.9. The molecule has 1 saturated heterocycles. The highest BCUT2D eigenvalue weighted by atomic mass is 19.1. The molecule has 0 saturated carbocycles. The number of hydrogen-bond acceptors (Lipinski definition) is 5. The molecule has 0 spiro atoms. The monoisotopic (exact) mass is 551 g/mol. The van der Waals surface area contributed by atoms with Crippen LogP contribution in [0.15, 0.2) is 108 Å². The third-order valence-electron chi connectivity index (χ3n) is 7.46. The molecular formula is C34H38FN5O. The van der Waals surface area contributed by atoms with Gasteiger partial charge in [0.15, 0.2) is 0 Å². The van der Waals surface area contributed by atoms with Crippen molar-refractivity contribution in [3.8, 4) is 11.4 Å². The smallest absolute Gasteiger partial charge is 0.143 e. The molecule has 7 heteroatoms. The number of hydrazine groups is 1. The fraction of sp³-hybridized carbons (Fsp3) is 0.294. The van der Waals surface area contributed by atoms with Crippen molar-refractivity contribution < 1.29 is 9.13 Å². The number of methoxy groups -OCH3 is 1. The zero-order valence-electron chi connectivity index (χ0n) is 23.9. The van der Waals surface area contributed by atoms with Gasteiger partial charge in [0.1, 0.15) is 17.4 Å². The summed E-state index contributed by atoms with van der Waals surface area (Å²) in [5, 5.41) is 4.62. The molecule has 3 aliphatic rings. The second-order valence-electron chi connectivity index (χ2n) is 10.4. The average molecular weight is 552 g/mol. The maximum Gasteiger partial charge on any atom is 0.143 e. The van der Waals surface area contributed by atoms with E-state index in [1.54, 1.807) is 25.6 Å². The van der Waals surface area contributed by atoms with Gasteiger partial charge in [-0.3, -0.25) is 15.0 Å². The average Bonchev–Trinajstić information content (AvgIpc) is 3.17. The number of aryl methyl sites for hydroxylation is 1. The SMILES string of the molecule is C=Cc1ccc(-n2cnc(C)c2)c(OC)c1.FC1=CC=C(N2CC(c3ccccc3)N=C3CCCCCN32)C=CC1. The highest BCUT2D eigenvalue weighted by Crippen LogP contribution is 2.31. The first-order valence-electron chi connectivity index (χ1n) is 14.3. The van der Waals surface area contributed by atoms with Crippen molar-refractivity contribution in [1.29, 1.82) is 0 Å². The highest BCUT2D eigenvalue weighted by Gasteiger charge is 2.31. The summed E-state index contributed by atoms with van der Waals surface area (Å²) in [6.07, 6.45) is 18.0. The van der Waals surface area contributed by atoms with Crippen LogP contribution in [0.5, 0.6) is 5.75 Å². The number of nitrogens with zero attached hydrogens (tertiary/aromatic N) is 5. The first-order valence-corrected chi connectivity index (χ1v) is 14.3. The van der Waals surface area contributed by atoms with E-state index in [1.807, 2.05) is 60.2 Å². The Bertz CT molecular complexity index is 1470. The van der Waals surface area contributed by atoms with Crippen molar-refractivity contribution in [2.24, 2.45) is 4.99 Å². The van der Waals surface area contributed by atoms with Gasteiger partial charge in [0, 0.05) is 25.6 Å². The predicted octanol–water partition coefficient (Wildman–Crippen LogP) is 7.76. The minimum atomic E-state index is -0.0902. The Labute approximate surface area is 242 Å². The summed E-state index contributed by atoms with van der Waals surface area (Å²) in [5.74, 6) is 1.89. The number of aliphatic imine (C=N–C) groups is 1. The molecule has 1 aromatic heterocycles. The van der Waals surface area contributed by atoms with E-state index in [-0.39, 0.29) is 11.9 Å². The molecule has 41 heavy (non-hydrogen) atoms. The zero-order valence-corrected chi connectivity index (χ0v) is 23.9. The third-order valence-corrected chi connectivity index (χ3v) is 7.46. The van der Waals surface area contributed by atoms with E-state index < -0.39 is 0 Å². The molecule has 1 fully saturated rings. The Balaban J connectivity index is 0.000000182. The van der Waals surface area contributed by atoms with Gasteiger partial charge in [-0.2, -0.15) is 0 Å². The van der Waals surface area contributed by atoms with Crippen LogP contribution in [0.2, 0.25) is 0 Å². The first-order chi connectivity index (χ1) is 20.1. The number of rotatable bonds is 5. The van der Waals surface area contributed by atoms with E-state index in [0.717, 1.165) is 47.9 Å². The Morgan fingerprint density at radius 1 is 1.05 bits per heavy atom. The fourth-order valence-electron chi connectivity index (χ4n) is 5.31. The second kappa shape index (κ2) is 13.3. The Kier molecular flexibility index (Phi) is 9.14. The van der Waals surface area contributed by atoms with Gasteiger partial charge in [-0.25, -0.2) is 9.37 Å². The van der Waals surface area contributed by atoms with E-state index in [2.05, 4.69) is 45.8 Å². The quantitative estimate of drug-likeness (QED) is 0.325. The number of halogens is 1. The summed E-state index contributed by atoms with van der Waals surface area (Å²) in [7, 11) is 1.66. The Hall–Kier alpha value is -4.39. The van der Waals surface area contributed by atoms with Crippen LogP contribution in [0.25, 0.3) is 11.8 Å². The number of imidazole rings is 1. The van der Waals surface area contributed by atoms with Crippen LogP contribution in [-0.4, -0.2) is 45.6 Å². The van der Waals surface area contributed by atoms with E-state index in [4.69, 9.17) is 9.73 Å². The minimum Gasteiger partial charge on any atom is -0.495 e. The van der Waals surface area contributed by atoms with Gasteiger partial charge >= 0.3 is 0 Å². The summed E-state index contributed by atoms with van der Waals surface area (Å²) in [6.45, 7) is 7.47. The molecule has 1 unspecified atom stereocenters. The molecule has 6 nitrogen and oxygen atoms in total. The largest absolute Gasteiger partial charge is 0.495 e. The molecule has 6 rings (SSSR count). The van der Waals surface area contributed by atoms with Gasteiger partial charge in [0.2, 0.25) is 0 Å². The van der Waals surface area contributed by atoms with Crippen LogP contribution in [0.4, 0.5) is 4.39 Å². The molecule has 0 radical (unpaired) electrons. The van der Waals surface area contributed by atoms with Crippen LogP contribution in [0, 0.1) is 6.92 Å². The topological polar surface area (TPSA) is 45.9 Å². The molecule has 1 atom stereocenters. The van der Waals surface area contributed by atoms with Crippen LogP contribution < -0.4 is 4.74 Å². The second-order valence-corrected chi connectivity index (χ2v) is 10.4. The van der Waals surface area contributed by atoms with Crippen LogP contribution in [-0.2, 0) is 0 Å². The van der Waals surface area contributed by atoms with Gasteiger partial charge in [-0.05, 0) is 61.3 Å². The number of hydrogen-bond donors (Lipinski definition) is 0. The number of benzene rings is 2. The maximum atomic E-state index is 13.6. The summed E-state index contributed by atoms with van der Waals surface area (Å²) in [5.41, 5.74) is 5.28. The van der Waals surface area contributed by atoms with Crippen molar-refractivity contribution in [2.45, 2.75) is 45.1 Å². The maximum absolute atomic E-state index is 13.6. The van der Waals surface area contributed by atoms with Crippen LogP contribution >= 0.6 is 0 Å². The van der Waals surface area contributed by atoms with Gasteiger partial charge in [0.05, 0.1) is 43.1 Å². The van der Waals surface area contributed by atoms with Crippen molar-refractivity contribution in [1.82, 2.24) is 19.6 Å². The summed E-state index contributed by atoms with van der Waals surface area (Å²) in [6, 6.07) is 16.6. The van der Waals surface area contributed by atoms with Crippen molar-refractivity contribution >= 4 is 11.9 Å². The zero-order chi connectivity index (χ0) is 28.6. The van der Waals surface area contributed by atoms with Gasteiger partial charge in [-0.15, -0.1) is 0 Å². The first kappa shape index (κ1) is 28.1. The minimum absolute atomic E-state index is 0.0902. The van der Waals surface area contributed by atoms with E-state index >= 15 is 0 Å². The molecule has 3 aromatic rings. The van der Waals surface area contributed by atoms with Gasteiger partial charge in [-0.1, -0.05) is 61.5 Å². The van der Waals surface area contributed by atoms with Crippen LogP contribution in [0.3, 0.4) is 0 Å². The molecule has 3 heterocycles. The lowest BCUT2D eigenvalue weighted by Gasteiger charge is -2.43. The lowest BCUT2D eigenvalue weighted by atomic mass is 10.1. The summed E-state index contributed by atoms with van der Waals surface area (Å²) in [4.78, 5) is 9.28. The highest BCUT2D eigenvalue weighted by molar-refractivity contribution is 5.83. The number of fused-ring (bicyclic) bond motifs is 1. The summed E-state index contributed by atoms with van der Waals surface area (Å²) >= 11 is 0. The molecular weight excluding hydrogens is 513 g/mol. The molecule has 2 aliphatic heterocycles.